The van der Waals surface area contributed by atoms with Gasteiger partial charge in [0.05, 0.1) is 0 Å². The summed E-state index contributed by atoms with van der Waals surface area (Å²) in [7, 11) is -3.77. The molecule has 108 valence electrons. The molecule has 0 amide bonds. The number of hydrogen-bond acceptors (Lipinski definition) is 3. The first kappa shape index (κ1) is 16.4. The van der Waals surface area contributed by atoms with E-state index in [1.807, 2.05) is 0 Å². The Morgan fingerprint density at radius 1 is 1.42 bits per heavy atom. The van der Waals surface area contributed by atoms with E-state index in [2.05, 4.69) is 0 Å². The van der Waals surface area contributed by atoms with Crippen molar-refractivity contribution in [3.05, 3.63) is 29.6 Å². The second kappa shape index (κ2) is 6.17. The number of sulfonamides is 1. The molecule has 0 aliphatic carbocycles. The van der Waals surface area contributed by atoms with Crippen molar-refractivity contribution in [3.63, 3.8) is 0 Å². The molecule has 1 aromatic rings. The fourth-order valence-corrected chi connectivity index (χ4v) is 3.82. The highest BCUT2D eigenvalue weighted by Crippen LogP contribution is 2.23. The van der Waals surface area contributed by atoms with Gasteiger partial charge in [0.15, 0.2) is 0 Å². The van der Waals surface area contributed by atoms with E-state index < -0.39 is 15.8 Å². The van der Waals surface area contributed by atoms with Gasteiger partial charge in [-0.1, -0.05) is 12.1 Å². The van der Waals surface area contributed by atoms with E-state index >= 15 is 0 Å². The Balaban J connectivity index is 0.00000180. The number of nitrogens with two attached hydrogens (primary N) is 1. The molecule has 1 aliphatic heterocycles. The zero-order valence-corrected chi connectivity index (χ0v) is 12.3. The first-order valence-corrected chi connectivity index (χ1v) is 7.38. The molecule has 1 aliphatic rings. The SMILES string of the molecule is Cc1cccc(S(=O)(=O)N2CCCC(N)C2)c1F.Cl. The van der Waals surface area contributed by atoms with Crippen LogP contribution in [0.2, 0.25) is 0 Å². The van der Waals surface area contributed by atoms with Gasteiger partial charge in [-0.3, -0.25) is 0 Å². The molecule has 1 aromatic carbocycles. The molecule has 7 heteroatoms. The number of hydrogen-bond donors (Lipinski definition) is 1. The van der Waals surface area contributed by atoms with Crippen LogP contribution in [-0.2, 0) is 10.0 Å². The number of benzene rings is 1. The van der Waals surface area contributed by atoms with Gasteiger partial charge in [-0.25, -0.2) is 12.8 Å². The van der Waals surface area contributed by atoms with Gasteiger partial charge in [0, 0.05) is 19.1 Å². The van der Waals surface area contributed by atoms with Crippen LogP contribution in [-0.4, -0.2) is 31.9 Å². The van der Waals surface area contributed by atoms with Crippen molar-refractivity contribution in [3.8, 4) is 0 Å². The van der Waals surface area contributed by atoms with Crippen LogP contribution in [0, 0.1) is 12.7 Å². The highest BCUT2D eigenvalue weighted by atomic mass is 35.5. The summed E-state index contributed by atoms with van der Waals surface area (Å²) in [5, 5.41) is 0. The summed E-state index contributed by atoms with van der Waals surface area (Å²) in [5.41, 5.74) is 6.10. The normalized spacial score (nSPS) is 20.9. The maximum absolute atomic E-state index is 13.9. The van der Waals surface area contributed by atoms with Crippen LogP contribution in [0.3, 0.4) is 0 Å². The summed E-state index contributed by atoms with van der Waals surface area (Å²) >= 11 is 0. The first-order chi connectivity index (χ1) is 8.43. The third-order valence-electron chi connectivity index (χ3n) is 3.19. The number of rotatable bonds is 2. The lowest BCUT2D eigenvalue weighted by Gasteiger charge is -2.30. The summed E-state index contributed by atoms with van der Waals surface area (Å²) in [5.74, 6) is -0.670. The van der Waals surface area contributed by atoms with Crippen molar-refractivity contribution in [2.75, 3.05) is 13.1 Å². The van der Waals surface area contributed by atoms with Crippen LogP contribution in [0.1, 0.15) is 18.4 Å². The van der Waals surface area contributed by atoms with Gasteiger partial charge in [-0.2, -0.15) is 4.31 Å². The molecule has 2 N–H and O–H groups in total. The molecule has 1 atom stereocenters. The van der Waals surface area contributed by atoms with Gasteiger partial charge in [-0.15, -0.1) is 12.4 Å². The lowest BCUT2D eigenvalue weighted by molar-refractivity contribution is 0.315. The zero-order valence-electron chi connectivity index (χ0n) is 10.7. The lowest BCUT2D eigenvalue weighted by Crippen LogP contribution is -2.45. The minimum Gasteiger partial charge on any atom is -0.327 e. The zero-order chi connectivity index (χ0) is 13.3. The van der Waals surface area contributed by atoms with Gasteiger partial charge in [0.2, 0.25) is 10.0 Å². The molecule has 1 saturated heterocycles. The van der Waals surface area contributed by atoms with E-state index in [0.29, 0.717) is 18.5 Å². The predicted octanol–water partition coefficient (Wildman–Crippen LogP) is 1.67. The molecular weight excluding hydrogens is 291 g/mol. The monoisotopic (exact) mass is 308 g/mol. The maximum atomic E-state index is 13.9. The molecule has 0 aromatic heterocycles. The van der Waals surface area contributed by atoms with Crippen molar-refractivity contribution in [2.45, 2.75) is 30.7 Å². The summed E-state index contributed by atoms with van der Waals surface area (Å²) < 4.78 is 39.9. The Morgan fingerprint density at radius 2 is 2.11 bits per heavy atom. The van der Waals surface area contributed by atoms with E-state index in [4.69, 9.17) is 5.73 Å². The number of aryl methyl sites for hydroxylation is 1. The molecule has 0 bridgehead atoms. The minimum absolute atomic E-state index is 0. The summed E-state index contributed by atoms with van der Waals surface area (Å²) in [6, 6.07) is 4.24. The van der Waals surface area contributed by atoms with Crippen molar-refractivity contribution < 1.29 is 12.8 Å². The molecule has 2 rings (SSSR count). The quantitative estimate of drug-likeness (QED) is 0.904. The van der Waals surface area contributed by atoms with E-state index in [1.165, 1.54) is 10.4 Å². The van der Waals surface area contributed by atoms with Crippen LogP contribution in [0.4, 0.5) is 4.39 Å². The fourth-order valence-electron chi connectivity index (χ4n) is 2.15. The Bertz CT molecular complexity index is 551. The van der Waals surface area contributed by atoms with Crippen molar-refractivity contribution >= 4 is 22.4 Å². The van der Waals surface area contributed by atoms with Crippen LogP contribution in [0.15, 0.2) is 23.1 Å². The predicted molar refractivity (Wildman–Crippen MR) is 74.4 cm³/mol. The number of halogens is 2. The number of nitrogens with zero attached hydrogens (tertiary/aromatic N) is 1. The van der Waals surface area contributed by atoms with Crippen LogP contribution in [0.25, 0.3) is 0 Å². The van der Waals surface area contributed by atoms with Crippen molar-refractivity contribution in [1.82, 2.24) is 4.31 Å². The van der Waals surface area contributed by atoms with Gasteiger partial charge < -0.3 is 5.73 Å². The standard InChI is InChI=1S/C12H17FN2O2S.ClH/c1-9-4-2-6-11(12(9)13)18(16,17)15-7-3-5-10(14)8-15;/h2,4,6,10H,3,5,7-8,14H2,1H3;1H. The molecule has 1 heterocycles. The Labute approximate surface area is 119 Å². The molecule has 0 spiro atoms. The van der Waals surface area contributed by atoms with Gasteiger partial charge in [0.1, 0.15) is 10.7 Å². The third-order valence-corrected chi connectivity index (χ3v) is 5.08. The second-order valence-corrected chi connectivity index (χ2v) is 6.56. The summed E-state index contributed by atoms with van der Waals surface area (Å²) in [4.78, 5) is -0.253. The van der Waals surface area contributed by atoms with E-state index in [9.17, 15) is 12.8 Å². The van der Waals surface area contributed by atoms with Crippen LogP contribution in [0.5, 0.6) is 0 Å². The van der Waals surface area contributed by atoms with Gasteiger partial charge in [-0.05, 0) is 31.4 Å². The highest BCUT2D eigenvalue weighted by Gasteiger charge is 2.31. The average Bonchev–Trinajstić information content (AvgIpc) is 2.32. The smallest absolute Gasteiger partial charge is 0.246 e. The van der Waals surface area contributed by atoms with E-state index in [0.717, 1.165) is 6.42 Å². The largest absolute Gasteiger partial charge is 0.327 e. The maximum Gasteiger partial charge on any atom is 0.246 e. The Morgan fingerprint density at radius 3 is 2.74 bits per heavy atom. The van der Waals surface area contributed by atoms with Crippen molar-refractivity contribution in [2.24, 2.45) is 5.73 Å². The van der Waals surface area contributed by atoms with Gasteiger partial charge in [0.25, 0.3) is 0 Å². The molecule has 0 radical (unpaired) electrons. The van der Waals surface area contributed by atoms with E-state index in [1.54, 1.807) is 19.1 Å². The van der Waals surface area contributed by atoms with Gasteiger partial charge >= 0.3 is 0 Å². The second-order valence-electron chi connectivity index (χ2n) is 4.65. The molecule has 1 fully saturated rings. The average molecular weight is 309 g/mol. The van der Waals surface area contributed by atoms with Crippen LogP contribution < -0.4 is 5.73 Å². The molecule has 0 saturated carbocycles. The Hall–Kier alpha value is -0.690. The minimum atomic E-state index is -3.77. The first-order valence-electron chi connectivity index (χ1n) is 5.94. The summed E-state index contributed by atoms with van der Waals surface area (Å²) in [6.07, 6.45) is 1.52. The topological polar surface area (TPSA) is 63.4 Å². The molecular formula is C12H18ClFN2O2S. The van der Waals surface area contributed by atoms with Crippen LogP contribution >= 0.6 is 12.4 Å². The third kappa shape index (κ3) is 3.25. The summed E-state index contributed by atoms with van der Waals surface area (Å²) in [6.45, 7) is 2.22. The highest BCUT2D eigenvalue weighted by molar-refractivity contribution is 7.89. The fraction of sp³-hybridized carbons (Fsp3) is 0.500. The van der Waals surface area contributed by atoms with Crippen molar-refractivity contribution in [1.29, 1.82) is 0 Å². The molecule has 4 nitrogen and oxygen atoms in total. The molecule has 1 unspecified atom stereocenters. The van der Waals surface area contributed by atoms with E-state index in [-0.39, 0.29) is 29.9 Å². The molecule has 19 heavy (non-hydrogen) atoms. The Kier molecular flexibility index (Phi) is 5.32. The lowest BCUT2D eigenvalue weighted by atomic mass is 10.1. The number of piperidine rings is 1.